The fourth-order valence-electron chi connectivity index (χ4n) is 1.37. The predicted molar refractivity (Wildman–Crippen MR) is 66.1 cm³/mol. The van der Waals surface area contributed by atoms with Crippen LogP contribution in [0.1, 0.15) is 20.3 Å². The fourth-order valence-corrected chi connectivity index (χ4v) is 1.37. The third kappa shape index (κ3) is 10.2. The molecule has 102 valence electrons. The molecule has 0 aromatic heterocycles. The third-order valence-electron chi connectivity index (χ3n) is 2.30. The Morgan fingerprint density at radius 1 is 1.18 bits per heavy atom. The SMILES string of the molecule is CCOC(=O)CN(CC)CCCOCCOC. The molecule has 17 heavy (non-hydrogen) atoms. The predicted octanol–water partition coefficient (Wildman–Crippen LogP) is 0.925. The number of methoxy groups -OCH3 is 1. The summed E-state index contributed by atoms with van der Waals surface area (Å²) in [6, 6.07) is 0. The van der Waals surface area contributed by atoms with Crippen molar-refractivity contribution in [3.05, 3.63) is 0 Å². The number of carbonyl (C=O) groups is 1. The number of ether oxygens (including phenoxy) is 3. The summed E-state index contributed by atoms with van der Waals surface area (Å²) < 4.78 is 15.1. The third-order valence-corrected chi connectivity index (χ3v) is 2.30. The summed E-state index contributed by atoms with van der Waals surface area (Å²) in [5.41, 5.74) is 0. The molecule has 0 fully saturated rings. The number of rotatable bonds is 11. The normalized spacial score (nSPS) is 10.8. The molecule has 0 unspecified atom stereocenters. The Balaban J connectivity index is 3.50. The zero-order valence-electron chi connectivity index (χ0n) is 11.2. The first kappa shape index (κ1) is 16.4. The van der Waals surface area contributed by atoms with E-state index in [1.54, 1.807) is 7.11 Å². The number of likely N-dealkylation sites (N-methyl/N-ethyl adjacent to an activating group) is 1. The van der Waals surface area contributed by atoms with Crippen LogP contribution in [0.4, 0.5) is 0 Å². The van der Waals surface area contributed by atoms with E-state index < -0.39 is 0 Å². The molecule has 0 aromatic rings. The van der Waals surface area contributed by atoms with Crippen LogP contribution in [0, 0.1) is 0 Å². The van der Waals surface area contributed by atoms with Gasteiger partial charge in [0.1, 0.15) is 0 Å². The quantitative estimate of drug-likeness (QED) is 0.401. The first-order valence-electron chi connectivity index (χ1n) is 6.19. The molecule has 0 aliphatic heterocycles. The highest BCUT2D eigenvalue weighted by Crippen LogP contribution is 1.94. The van der Waals surface area contributed by atoms with Gasteiger partial charge in [-0.15, -0.1) is 0 Å². The zero-order valence-corrected chi connectivity index (χ0v) is 11.2. The van der Waals surface area contributed by atoms with Crippen molar-refractivity contribution in [1.29, 1.82) is 0 Å². The molecule has 0 heterocycles. The lowest BCUT2D eigenvalue weighted by molar-refractivity contribution is -0.144. The maximum Gasteiger partial charge on any atom is 0.320 e. The van der Waals surface area contributed by atoms with Gasteiger partial charge in [-0.1, -0.05) is 6.92 Å². The van der Waals surface area contributed by atoms with Crippen molar-refractivity contribution in [1.82, 2.24) is 4.90 Å². The second kappa shape index (κ2) is 11.8. The van der Waals surface area contributed by atoms with E-state index in [4.69, 9.17) is 14.2 Å². The Morgan fingerprint density at radius 3 is 2.53 bits per heavy atom. The number of carbonyl (C=O) groups excluding carboxylic acids is 1. The van der Waals surface area contributed by atoms with E-state index in [1.165, 1.54) is 0 Å². The van der Waals surface area contributed by atoms with Crippen molar-refractivity contribution in [3.63, 3.8) is 0 Å². The first-order chi connectivity index (χ1) is 8.24. The molecule has 0 N–H and O–H groups in total. The highest BCUT2D eigenvalue weighted by molar-refractivity contribution is 5.71. The monoisotopic (exact) mass is 247 g/mol. The summed E-state index contributed by atoms with van der Waals surface area (Å²) in [5, 5.41) is 0. The summed E-state index contributed by atoms with van der Waals surface area (Å²) in [7, 11) is 1.65. The molecule has 0 saturated heterocycles. The molecule has 0 aliphatic carbocycles. The fraction of sp³-hybridized carbons (Fsp3) is 0.917. The molecule has 0 spiro atoms. The van der Waals surface area contributed by atoms with E-state index in [2.05, 4.69) is 4.90 Å². The molecule has 0 amide bonds. The summed E-state index contributed by atoms with van der Waals surface area (Å²) in [4.78, 5) is 13.3. The molecule has 0 aliphatic rings. The van der Waals surface area contributed by atoms with Crippen molar-refractivity contribution in [2.24, 2.45) is 0 Å². The molecular formula is C12H25NO4. The van der Waals surface area contributed by atoms with Crippen LogP contribution in [0.5, 0.6) is 0 Å². The number of esters is 1. The lowest BCUT2D eigenvalue weighted by Gasteiger charge is -2.18. The first-order valence-corrected chi connectivity index (χ1v) is 6.19. The van der Waals surface area contributed by atoms with Crippen molar-refractivity contribution in [2.75, 3.05) is 53.2 Å². The van der Waals surface area contributed by atoms with E-state index in [-0.39, 0.29) is 5.97 Å². The molecule has 0 aromatic carbocycles. The van der Waals surface area contributed by atoms with E-state index in [9.17, 15) is 4.79 Å². The average molecular weight is 247 g/mol. The zero-order chi connectivity index (χ0) is 12.9. The van der Waals surface area contributed by atoms with Gasteiger partial charge in [0.05, 0.1) is 26.4 Å². The minimum atomic E-state index is -0.158. The van der Waals surface area contributed by atoms with Gasteiger partial charge in [-0.05, 0) is 19.9 Å². The van der Waals surface area contributed by atoms with Crippen molar-refractivity contribution < 1.29 is 19.0 Å². The van der Waals surface area contributed by atoms with Gasteiger partial charge in [0.2, 0.25) is 0 Å². The van der Waals surface area contributed by atoms with Gasteiger partial charge >= 0.3 is 5.97 Å². The Hall–Kier alpha value is -0.650. The van der Waals surface area contributed by atoms with Crippen LogP contribution < -0.4 is 0 Å². The van der Waals surface area contributed by atoms with Crippen LogP contribution in [0.15, 0.2) is 0 Å². The summed E-state index contributed by atoms with van der Waals surface area (Å²) in [6.07, 6.45) is 0.914. The summed E-state index contributed by atoms with van der Waals surface area (Å²) in [5.74, 6) is -0.158. The van der Waals surface area contributed by atoms with Crippen LogP contribution in [0.2, 0.25) is 0 Å². The Kier molecular flexibility index (Phi) is 11.4. The van der Waals surface area contributed by atoms with Gasteiger partial charge in [0.25, 0.3) is 0 Å². The van der Waals surface area contributed by atoms with Gasteiger partial charge < -0.3 is 14.2 Å². The number of hydrogen-bond acceptors (Lipinski definition) is 5. The minimum absolute atomic E-state index is 0.158. The highest BCUT2D eigenvalue weighted by atomic mass is 16.5. The number of hydrogen-bond donors (Lipinski definition) is 0. The Labute approximate surface area is 104 Å². The smallest absolute Gasteiger partial charge is 0.320 e. The van der Waals surface area contributed by atoms with Gasteiger partial charge in [-0.3, -0.25) is 9.69 Å². The summed E-state index contributed by atoms with van der Waals surface area (Å²) >= 11 is 0. The van der Waals surface area contributed by atoms with Gasteiger partial charge in [-0.25, -0.2) is 0 Å². The van der Waals surface area contributed by atoms with Crippen molar-refractivity contribution in [2.45, 2.75) is 20.3 Å². The van der Waals surface area contributed by atoms with Gasteiger partial charge in [0, 0.05) is 20.3 Å². The molecule has 0 rings (SSSR count). The maximum absolute atomic E-state index is 11.3. The van der Waals surface area contributed by atoms with Crippen molar-refractivity contribution in [3.8, 4) is 0 Å². The van der Waals surface area contributed by atoms with Crippen molar-refractivity contribution >= 4 is 5.97 Å². The van der Waals surface area contributed by atoms with Gasteiger partial charge in [-0.2, -0.15) is 0 Å². The van der Waals surface area contributed by atoms with Crippen LogP contribution in [-0.2, 0) is 19.0 Å². The maximum atomic E-state index is 11.3. The second-order valence-corrected chi connectivity index (χ2v) is 3.63. The minimum Gasteiger partial charge on any atom is -0.465 e. The Morgan fingerprint density at radius 2 is 1.94 bits per heavy atom. The summed E-state index contributed by atoms with van der Waals surface area (Å²) in [6.45, 7) is 8.30. The molecule has 0 saturated carbocycles. The van der Waals surface area contributed by atoms with Crippen LogP contribution in [0.3, 0.4) is 0 Å². The molecule has 5 nitrogen and oxygen atoms in total. The lowest BCUT2D eigenvalue weighted by Crippen LogP contribution is -2.32. The van der Waals surface area contributed by atoms with Gasteiger partial charge in [0.15, 0.2) is 0 Å². The number of nitrogens with zero attached hydrogens (tertiary/aromatic N) is 1. The largest absolute Gasteiger partial charge is 0.465 e. The van der Waals surface area contributed by atoms with Crippen LogP contribution >= 0.6 is 0 Å². The van der Waals surface area contributed by atoms with E-state index in [0.717, 1.165) is 19.5 Å². The van der Waals surface area contributed by atoms with Crippen LogP contribution in [0.25, 0.3) is 0 Å². The van der Waals surface area contributed by atoms with E-state index in [0.29, 0.717) is 33.0 Å². The molecule has 0 atom stereocenters. The highest BCUT2D eigenvalue weighted by Gasteiger charge is 2.08. The van der Waals surface area contributed by atoms with E-state index in [1.807, 2.05) is 13.8 Å². The second-order valence-electron chi connectivity index (χ2n) is 3.63. The average Bonchev–Trinajstić information content (AvgIpc) is 2.32. The van der Waals surface area contributed by atoms with E-state index >= 15 is 0 Å². The standard InChI is InChI=1S/C12H25NO4/c1-4-13(11-12(14)17-5-2)7-6-8-16-10-9-15-3/h4-11H2,1-3H3. The molecule has 0 radical (unpaired) electrons. The Bertz CT molecular complexity index is 187. The molecule has 0 bridgehead atoms. The lowest BCUT2D eigenvalue weighted by atomic mass is 10.4. The van der Waals surface area contributed by atoms with Crippen LogP contribution in [-0.4, -0.2) is 64.0 Å². The molecule has 5 heteroatoms. The molecular weight excluding hydrogens is 222 g/mol. The topological polar surface area (TPSA) is 48.0 Å².